The van der Waals surface area contributed by atoms with Gasteiger partial charge in [0, 0.05) is 23.2 Å². The number of nitrogens with one attached hydrogen (secondary N) is 1. The molecule has 7 nitrogen and oxygen atoms in total. The topological polar surface area (TPSA) is 107 Å². The molecule has 1 heterocycles. The SMILES string of the molecule is CN/N=C(\C=C\[C@]1(C)CC(=O)N(C)C(N)=N1)c1ccc(I)c(C#N)c1. The number of hydrogen-bond acceptors (Lipinski definition) is 6. The lowest BCUT2D eigenvalue weighted by Gasteiger charge is -2.31. The fraction of sp³-hybridized carbons (Fsp3) is 0.294. The molecule has 1 aliphatic rings. The number of carbonyl (C=O) groups excluding carboxylic acids is 1. The van der Waals surface area contributed by atoms with Crippen molar-refractivity contribution < 1.29 is 4.79 Å². The van der Waals surface area contributed by atoms with Crippen molar-refractivity contribution in [3.63, 3.8) is 0 Å². The first-order valence-corrected chi connectivity index (χ1v) is 8.63. The number of halogens is 1. The first kappa shape index (κ1) is 18.9. The van der Waals surface area contributed by atoms with E-state index in [9.17, 15) is 10.1 Å². The summed E-state index contributed by atoms with van der Waals surface area (Å²) in [4.78, 5) is 17.8. The predicted molar refractivity (Wildman–Crippen MR) is 106 cm³/mol. The first-order valence-electron chi connectivity index (χ1n) is 7.55. The second kappa shape index (κ2) is 7.65. The fourth-order valence-electron chi connectivity index (χ4n) is 2.37. The molecule has 0 fully saturated rings. The van der Waals surface area contributed by atoms with Crippen LogP contribution in [0.1, 0.15) is 24.5 Å². The van der Waals surface area contributed by atoms with Crippen molar-refractivity contribution in [3.05, 3.63) is 45.0 Å². The summed E-state index contributed by atoms with van der Waals surface area (Å²) in [7, 11) is 3.30. The fourth-order valence-corrected chi connectivity index (χ4v) is 2.83. The summed E-state index contributed by atoms with van der Waals surface area (Å²) < 4.78 is 0.877. The quantitative estimate of drug-likeness (QED) is 0.413. The lowest BCUT2D eigenvalue weighted by Crippen LogP contribution is -2.48. The number of hydrogen-bond donors (Lipinski definition) is 2. The van der Waals surface area contributed by atoms with Crippen molar-refractivity contribution in [2.75, 3.05) is 14.1 Å². The van der Waals surface area contributed by atoms with Gasteiger partial charge >= 0.3 is 0 Å². The largest absolute Gasteiger partial charge is 0.369 e. The number of nitrogens with zero attached hydrogens (tertiary/aromatic N) is 4. The minimum atomic E-state index is -0.733. The van der Waals surface area contributed by atoms with Crippen molar-refractivity contribution >= 4 is 40.2 Å². The van der Waals surface area contributed by atoms with Crippen LogP contribution in [0.4, 0.5) is 0 Å². The summed E-state index contributed by atoms with van der Waals surface area (Å²) in [6.07, 6.45) is 3.82. The van der Waals surface area contributed by atoms with E-state index >= 15 is 0 Å². The van der Waals surface area contributed by atoms with Gasteiger partial charge in [0.1, 0.15) is 6.07 Å². The number of amides is 1. The van der Waals surface area contributed by atoms with Gasteiger partial charge in [-0.25, -0.2) is 4.99 Å². The highest BCUT2D eigenvalue weighted by molar-refractivity contribution is 14.1. The van der Waals surface area contributed by atoms with Crippen LogP contribution in [0.15, 0.2) is 40.4 Å². The summed E-state index contributed by atoms with van der Waals surface area (Å²) >= 11 is 2.12. The highest BCUT2D eigenvalue weighted by atomic mass is 127. The number of rotatable bonds is 4. The number of nitrogens with two attached hydrogens (primary N) is 1. The second-order valence-corrected chi connectivity index (χ2v) is 6.98. The molecule has 1 aliphatic heterocycles. The molecule has 25 heavy (non-hydrogen) atoms. The molecule has 1 aromatic carbocycles. The molecule has 1 aromatic rings. The Bertz CT molecular complexity index is 823. The van der Waals surface area contributed by atoms with Gasteiger partial charge in [-0.2, -0.15) is 10.4 Å². The number of allylic oxidation sites excluding steroid dienone is 1. The Morgan fingerprint density at radius 2 is 2.32 bits per heavy atom. The van der Waals surface area contributed by atoms with Gasteiger partial charge in [-0.15, -0.1) is 0 Å². The number of hydrazone groups is 1. The Morgan fingerprint density at radius 1 is 1.60 bits per heavy atom. The lowest BCUT2D eigenvalue weighted by atomic mass is 9.94. The molecule has 3 N–H and O–H groups in total. The third-order valence-electron chi connectivity index (χ3n) is 3.81. The molecule has 0 saturated heterocycles. The van der Waals surface area contributed by atoms with E-state index in [1.54, 1.807) is 26.2 Å². The molecule has 0 radical (unpaired) electrons. The van der Waals surface area contributed by atoms with Gasteiger partial charge in [-0.05, 0) is 47.7 Å². The standard InChI is InChI=1S/C17H19IN6O/c1-17(9-15(25)24(3)16(20)22-17)7-6-14(23-21-2)11-4-5-13(18)12(8-11)10-19/h4-8,21H,9H2,1-3H3,(H2,20,22)/b7-6+,23-14+/t17-/m1/s1. The molecular weight excluding hydrogens is 431 g/mol. The van der Waals surface area contributed by atoms with Crippen LogP contribution >= 0.6 is 22.6 Å². The molecular formula is C17H19IN6O. The summed E-state index contributed by atoms with van der Waals surface area (Å²) in [5.41, 5.74) is 9.85. The molecule has 2 rings (SSSR count). The summed E-state index contributed by atoms with van der Waals surface area (Å²) in [6, 6.07) is 7.70. The van der Waals surface area contributed by atoms with Crippen LogP contribution in [0.2, 0.25) is 0 Å². The molecule has 0 spiro atoms. The third kappa shape index (κ3) is 4.36. The van der Waals surface area contributed by atoms with E-state index in [-0.39, 0.29) is 18.3 Å². The lowest BCUT2D eigenvalue weighted by molar-refractivity contribution is -0.127. The molecule has 0 aliphatic carbocycles. The van der Waals surface area contributed by atoms with E-state index in [2.05, 4.69) is 44.2 Å². The van der Waals surface area contributed by atoms with E-state index in [1.807, 2.05) is 25.1 Å². The molecule has 0 aromatic heterocycles. The average molecular weight is 450 g/mol. The van der Waals surface area contributed by atoms with Crippen LogP contribution in [-0.4, -0.2) is 42.1 Å². The summed E-state index contributed by atoms with van der Waals surface area (Å²) in [5.74, 6) is 0.101. The Hall–Kier alpha value is -2.41. The van der Waals surface area contributed by atoms with Crippen molar-refractivity contribution in [3.8, 4) is 6.07 Å². The average Bonchev–Trinajstić information content (AvgIpc) is 2.57. The molecule has 8 heteroatoms. The zero-order valence-electron chi connectivity index (χ0n) is 14.2. The molecule has 1 atom stereocenters. The minimum absolute atomic E-state index is 0.0900. The van der Waals surface area contributed by atoms with Crippen LogP contribution in [0, 0.1) is 14.9 Å². The van der Waals surface area contributed by atoms with Crippen LogP contribution in [0.25, 0.3) is 0 Å². The smallest absolute Gasteiger partial charge is 0.231 e. The van der Waals surface area contributed by atoms with Gasteiger partial charge in [-0.3, -0.25) is 9.69 Å². The van der Waals surface area contributed by atoms with Crippen LogP contribution in [0.3, 0.4) is 0 Å². The van der Waals surface area contributed by atoms with Gasteiger partial charge in [0.2, 0.25) is 5.91 Å². The normalized spacial score (nSPS) is 21.2. The minimum Gasteiger partial charge on any atom is -0.369 e. The Balaban J connectivity index is 2.37. The zero-order valence-corrected chi connectivity index (χ0v) is 16.4. The van der Waals surface area contributed by atoms with E-state index < -0.39 is 5.54 Å². The number of aliphatic imine (C=N–C) groups is 1. The molecule has 130 valence electrons. The highest BCUT2D eigenvalue weighted by Crippen LogP contribution is 2.23. The van der Waals surface area contributed by atoms with Crippen molar-refractivity contribution in [1.29, 1.82) is 5.26 Å². The van der Waals surface area contributed by atoms with Crippen LogP contribution < -0.4 is 11.2 Å². The van der Waals surface area contributed by atoms with Crippen molar-refractivity contribution in [1.82, 2.24) is 10.3 Å². The molecule has 1 amide bonds. The van der Waals surface area contributed by atoms with E-state index in [0.717, 1.165) is 9.13 Å². The summed E-state index contributed by atoms with van der Waals surface area (Å²) in [6.45, 7) is 1.84. The van der Waals surface area contributed by atoms with E-state index in [1.165, 1.54) is 4.90 Å². The van der Waals surface area contributed by atoms with Crippen LogP contribution in [0.5, 0.6) is 0 Å². The number of benzene rings is 1. The predicted octanol–water partition coefficient (Wildman–Crippen LogP) is 1.58. The number of carbonyl (C=O) groups is 1. The van der Waals surface area contributed by atoms with E-state index in [0.29, 0.717) is 11.3 Å². The van der Waals surface area contributed by atoms with Crippen molar-refractivity contribution in [2.45, 2.75) is 18.9 Å². The molecule has 0 saturated carbocycles. The van der Waals surface area contributed by atoms with Gasteiger partial charge < -0.3 is 11.2 Å². The second-order valence-electron chi connectivity index (χ2n) is 5.82. The maximum absolute atomic E-state index is 12.0. The maximum Gasteiger partial charge on any atom is 0.231 e. The third-order valence-corrected chi connectivity index (χ3v) is 4.75. The van der Waals surface area contributed by atoms with Gasteiger partial charge in [0.15, 0.2) is 5.96 Å². The summed E-state index contributed by atoms with van der Waals surface area (Å²) in [5, 5.41) is 13.5. The monoisotopic (exact) mass is 450 g/mol. The molecule has 0 bridgehead atoms. The highest BCUT2D eigenvalue weighted by Gasteiger charge is 2.32. The van der Waals surface area contributed by atoms with Gasteiger partial charge in [0.25, 0.3) is 0 Å². The first-order chi connectivity index (χ1) is 11.8. The van der Waals surface area contributed by atoms with Crippen LogP contribution in [-0.2, 0) is 4.79 Å². The number of guanidine groups is 1. The number of nitriles is 1. The Morgan fingerprint density at radius 3 is 2.92 bits per heavy atom. The zero-order chi connectivity index (χ0) is 18.6. The van der Waals surface area contributed by atoms with Gasteiger partial charge in [-0.1, -0.05) is 12.1 Å². The Labute approximate surface area is 160 Å². The molecule has 0 unspecified atom stereocenters. The van der Waals surface area contributed by atoms with E-state index in [4.69, 9.17) is 5.73 Å². The van der Waals surface area contributed by atoms with Gasteiger partial charge in [0.05, 0.1) is 23.2 Å². The Kier molecular flexibility index (Phi) is 5.79. The maximum atomic E-state index is 12.0. The van der Waals surface area contributed by atoms with Crippen molar-refractivity contribution in [2.24, 2.45) is 15.8 Å².